The summed E-state index contributed by atoms with van der Waals surface area (Å²) < 4.78 is 27.2. The summed E-state index contributed by atoms with van der Waals surface area (Å²) in [5.41, 5.74) is 0.519. The number of benzene rings is 2. The monoisotopic (exact) mass is 350 g/mol. The van der Waals surface area contributed by atoms with E-state index < -0.39 is 38.2 Å². The van der Waals surface area contributed by atoms with E-state index in [1.807, 2.05) is 30.3 Å². The minimum Gasteiger partial charge on any atom is -0.395 e. The molecule has 0 unspecified atom stereocenters. The van der Waals surface area contributed by atoms with Gasteiger partial charge in [-0.1, -0.05) is 42.5 Å². The second-order valence-electron chi connectivity index (χ2n) is 5.25. The van der Waals surface area contributed by atoms with Crippen LogP contribution in [0.5, 0.6) is 0 Å². The zero-order valence-corrected chi connectivity index (χ0v) is 13.6. The number of nitro groups is 1. The van der Waals surface area contributed by atoms with Crippen molar-refractivity contribution in [3.05, 3.63) is 70.3 Å². The van der Waals surface area contributed by atoms with E-state index in [4.69, 9.17) is 0 Å². The number of aliphatic hydroxyl groups excluding tert-OH is 1. The molecule has 0 saturated heterocycles. The van der Waals surface area contributed by atoms with Gasteiger partial charge in [-0.15, -0.1) is 0 Å². The first-order valence-corrected chi connectivity index (χ1v) is 8.83. The van der Waals surface area contributed by atoms with E-state index in [1.165, 1.54) is 18.2 Å². The van der Waals surface area contributed by atoms with Crippen LogP contribution in [0.25, 0.3) is 0 Å². The van der Waals surface area contributed by atoms with E-state index in [9.17, 15) is 23.6 Å². The van der Waals surface area contributed by atoms with E-state index in [1.54, 1.807) is 0 Å². The molecule has 2 rings (SSSR count). The molecule has 7 nitrogen and oxygen atoms in total. The maximum atomic E-state index is 12.4. The molecule has 1 atom stereocenters. The first-order valence-electron chi connectivity index (χ1n) is 7.34. The highest BCUT2D eigenvalue weighted by Gasteiger charge is 2.27. The lowest BCUT2D eigenvalue weighted by Crippen LogP contribution is -2.38. The second-order valence-corrected chi connectivity index (χ2v) is 6.93. The number of nitrogens with one attached hydrogen (secondary N) is 1. The predicted molar refractivity (Wildman–Crippen MR) is 89.1 cm³/mol. The fraction of sp³-hybridized carbons (Fsp3) is 0.250. The van der Waals surface area contributed by atoms with Crippen LogP contribution in [0.4, 0.5) is 5.69 Å². The third-order valence-corrected chi connectivity index (χ3v) is 5.09. The van der Waals surface area contributed by atoms with Gasteiger partial charge < -0.3 is 5.11 Å². The summed E-state index contributed by atoms with van der Waals surface area (Å²) in [7, 11) is -4.10. The SMILES string of the molecule is O=[N+]([O-])c1ccccc1S(=O)(=O)N[C@@H](CO)CCc1ccccc1. The minimum absolute atomic E-state index is 0.375. The van der Waals surface area contributed by atoms with Gasteiger partial charge in [0.2, 0.25) is 10.0 Å². The number of nitro benzene ring substituents is 1. The van der Waals surface area contributed by atoms with Gasteiger partial charge in [-0.2, -0.15) is 0 Å². The molecular weight excluding hydrogens is 332 g/mol. The van der Waals surface area contributed by atoms with Gasteiger partial charge in [0, 0.05) is 12.1 Å². The lowest BCUT2D eigenvalue weighted by atomic mass is 10.1. The van der Waals surface area contributed by atoms with Crippen LogP contribution in [0.2, 0.25) is 0 Å². The van der Waals surface area contributed by atoms with Crippen LogP contribution in [0.3, 0.4) is 0 Å². The quantitative estimate of drug-likeness (QED) is 0.558. The van der Waals surface area contributed by atoms with E-state index in [0.29, 0.717) is 12.8 Å². The van der Waals surface area contributed by atoms with Crippen molar-refractivity contribution in [3.8, 4) is 0 Å². The Morgan fingerprint density at radius 1 is 1.08 bits per heavy atom. The van der Waals surface area contributed by atoms with Crippen molar-refractivity contribution in [1.82, 2.24) is 4.72 Å². The fourth-order valence-corrected chi connectivity index (χ4v) is 3.73. The third kappa shape index (κ3) is 4.60. The molecule has 0 aliphatic carbocycles. The molecule has 2 N–H and O–H groups in total. The molecule has 8 heteroatoms. The Balaban J connectivity index is 2.13. The largest absolute Gasteiger partial charge is 0.395 e. The maximum Gasteiger partial charge on any atom is 0.289 e. The van der Waals surface area contributed by atoms with Gasteiger partial charge in [-0.3, -0.25) is 10.1 Å². The van der Waals surface area contributed by atoms with Gasteiger partial charge in [0.1, 0.15) is 0 Å². The van der Waals surface area contributed by atoms with Gasteiger partial charge in [0.25, 0.3) is 5.69 Å². The first kappa shape index (κ1) is 18.1. The van der Waals surface area contributed by atoms with Crippen molar-refractivity contribution < 1.29 is 18.4 Å². The second kappa shape index (κ2) is 8.00. The zero-order valence-electron chi connectivity index (χ0n) is 12.8. The average Bonchev–Trinajstić information content (AvgIpc) is 2.59. The van der Waals surface area contributed by atoms with Gasteiger partial charge in [0.05, 0.1) is 11.5 Å². The van der Waals surface area contributed by atoms with Crippen molar-refractivity contribution in [2.24, 2.45) is 0 Å². The number of nitrogens with zero attached hydrogens (tertiary/aromatic N) is 1. The summed E-state index contributed by atoms with van der Waals surface area (Å²) in [6.07, 6.45) is 0.950. The molecule has 2 aromatic rings. The number of hydrogen-bond donors (Lipinski definition) is 2. The van der Waals surface area contributed by atoms with E-state index in [-0.39, 0.29) is 0 Å². The number of aliphatic hydroxyl groups is 1. The van der Waals surface area contributed by atoms with Crippen LogP contribution >= 0.6 is 0 Å². The number of hydrogen-bond acceptors (Lipinski definition) is 5. The van der Waals surface area contributed by atoms with Crippen LogP contribution in [0.15, 0.2) is 59.5 Å². The summed E-state index contributed by atoms with van der Waals surface area (Å²) in [5.74, 6) is 0. The Kier molecular flexibility index (Phi) is 6.02. The van der Waals surface area contributed by atoms with Crippen LogP contribution < -0.4 is 4.72 Å². The molecule has 24 heavy (non-hydrogen) atoms. The highest BCUT2D eigenvalue weighted by Crippen LogP contribution is 2.23. The topological polar surface area (TPSA) is 110 Å². The predicted octanol–water partition coefficient (Wildman–Crippen LogP) is 1.87. The molecule has 0 fully saturated rings. The van der Waals surface area contributed by atoms with Crippen LogP contribution in [-0.4, -0.2) is 31.1 Å². The summed E-state index contributed by atoms with van der Waals surface area (Å²) >= 11 is 0. The first-order chi connectivity index (χ1) is 11.4. The maximum absolute atomic E-state index is 12.4. The van der Waals surface area contributed by atoms with Crippen LogP contribution in [-0.2, 0) is 16.4 Å². The lowest BCUT2D eigenvalue weighted by molar-refractivity contribution is -0.387. The Bertz CT molecular complexity index is 793. The molecule has 0 aliphatic heterocycles. The van der Waals surface area contributed by atoms with Gasteiger partial charge in [-0.05, 0) is 24.5 Å². The molecule has 0 bridgehead atoms. The van der Waals surface area contributed by atoms with E-state index in [0.717, 1.165) is 11.6 Å². The van der Waals surface area contributed by atoms with Crippen molar-refractivity contribution in [2.45, 2.75) is 23.8 Å². The van der Waals surface area contributed by atoms with Gasteiger partial charge >= 0.3 is 0 Å². The van der Waals surface area contributed by atoms with Crippen molar-refractivity contribution >= 4 is 15.7 Å². The third-order valence-electron chi connectivity index (χ3n) is 3.52. The molecular formula is C16H18N2O5S. The van der Waals surface area contributed by atoms with Crippen LogP contribution in [0, 0.1) is 10.1 Å². The Morgan fingerprint density at radius 2 is 1.71 bits per heavy atom. The molecule has 128 valence electrons. The standard InChI is InChI=1S/C16H18N2O5S/c19-12-14(11-10-13-6-2-1-3-7-13)17-24(22,23)16-9-5-4-8-15(16)18(20)21/h1-9,14,17,19H,10-12H2/t14-/m1/s1. The summed E-state index contributed by atoms with van der Waals surface area (Å²) in [4.78, 5) is 9.85. The molecule has 0 aliphatic rings. The average molecular weight is 350 g/mol. The van der Waals surface area contributed by atoms with Gasteiger partial charge in [0.15, 0.2) is 4.90 Å². The normalized spacial score (nSPS) is 12.7. The van der Waals surface area contributed by atoms with Crippen molar-refractivity contribution in [2.75, 3.05) is 6.61 Å². The van der Waals surface area contributed by atoms with E-state index >= 15 is 0 Å². The number of aryl methyl sites for hydroxylation is 1. The highest BCUT2D eigenvalue weighted by molar-refractivity contribution is 7.89. The molecule has 0 heterocycles. The van der Waals surface area contributed by atoms with E-state index in [2.05, 4.69) is 4.72 Å². The number of rotatable bonds is 8. The minimum atomic E-state index is -4.10. The Hall–Kier alpha value is -2.29. The molecule has 2 aromatic carbocycles. The zero-order chi connectivity index (χ0) is 17.6. The summed E-state index contributed by atoms with van der Waals surface area (Å²) in [5, 5.41) is 20.4. The summed E-state index contributed by atoms with van der Waals surface area (Å²) in [6.45, 7) is -0.396. The van der Waals surface area contributed by atoms with Crippen LogP contribution in [0.1, 0.15) is 12.0 Å². The number of para-hydroxylation sites is 1. The smallest absolute Gasteiger partial charge is 0.289 e. The van der Waals surface area contributed by atoms with Crippen molar-refractivity contribution in [3.63, 3.8) is 0 Å². The number of sulfonamides is 1. The van der Waals surface area contributed by atoms with Gasteiger partial charge in [-0.25, -0.2) is 13.1 Å². The lowest BCUT2D eigenvalue weighted by Gasteiger charge is -2.16. The molecule has 0 spiro atoms. The summed E-state index contributed by atoms with van der Waals surface area (Å²) in [6, 6.07) is 13.8. The van der Waals surface area contributed by atoms with Crippen molar-refractivity contribution in [1.29, 1.82) is 0 Å². The molecule has 0 amide bonds. The fourth-order valence-electron chi connectivity index (χ4n) is 2.29. The molecule has 0 aromatic heterocycles. The highest BCUT2D eigenvalue weighted by atomic mass is 32.2. The molecule has 0 saturated carbocycles. The Labute approximate surface area is 140 Å². The molecule has 0 radical (unpaired) electrons. The Morgan fingerprint density at radius 3 is 2.33 bits per heavy atom.